The van der Waals surface area contributed by atoms with E-state index in [0.29, 0.717) is 17.7 Å². The fourth-order valence-corrected chi connectivity index (χ4v) is 6.32. The number of nitrogens with one attached hydrogen (secondary N) is 1. The van der Waals surface area contributed by atoms with Crippen LogP contribution in [0.5, 0.6) is 0 Å². The number of H-pyrrole nitrogens is 1. The van der Waals surface area contributed by atoms with E-state index < -0.39 is 0 Å². The van der Waals surface area contributed by atoms with Gasteiger partial charge in [-0.25, -0.2) is 4.98 Å². The summed E-state index contributed by atoms with van der Waals surface area (Å²) in [5.74, 6) is 0. The van der Waals surface area contributed by atoms with Crippen LogP contribution in [0.3, 0.4) is 0 Å². The first-order valence-corrected chi connectivity index (χ1v) is 12.9. The molecule has 0 saturated heterocycles. The van der Waals surface area contributed by atoms with Crippen molar-refractivity contribution in [2.75, 3.05) is 13.2 Å². The molecule has 4 nitrogen and oxygen atoms in total. The Morgan fingerprint density at radius 3 is 2.29 bits per heavy atom. The van der Waals surface area contributed by atoms with Crippen LogP contribution >= 0.6 is 0 Å². The second kappa shape index (κ2) is 10.5. The van der Waals surface area contributed by atoms with Crippen molar-refractivity contribution < 1.29 is 4.74 Å². The SMILES string of the molecule is CC1(N(CCCCCOCc2c[nH]c3ncccc23)C2(C)CCCCC2)CCCCC1. The van der Waals surface area contributed by atoms with Gasteiger partial charge in [0.05, 0.1) is 6.61 Å². The van der Waals surface area contributed by atoms with E-state index in [2.05, 4.69) is 34.8 Å². The summed E-state index contributed by atoms with van der Waals surface area (Å²) >= 11 is 0. The molecule has 2 aromatic rings. The normalized spacial score (nSPS) is 21.0. The Kier molecular flexibility index (Phi) is 7.71. The molecule has 0 spiro atoms. The van der Waals surface area contributed by atoms with E-state index in [1.165, 1.54) is 94.5 Å². The quantitative estimate of drug-likeness (QED) is 0.417. The van der Waals surface area contributed by atoms with Crippen molar-refractivity contribution in [1.82, 2.24) is 14.9 Å². The molecule has 0 atom stereocenters. The minimum Gasteiger partial charge on any atom is -0.377 e. The number of aromatic nitrogens is 2. The van der Waals surface area contributed by atoms with Crippen molar-refractivity contribution in [2.24, 2.45) is 0 Å². The number of hydrogen-bond acceptors (Lipinski definition) is 3. The Balaban J connectivity index is 1.23. The van der Waals surface area contributed by atoms with Crippen LogP contribution in [-0.4, -0.2) is 39.1 Å². The molecule has 4 heteroatoms. The number of fused-ring (bicyclic) bond motifs is 1. The van der Waals surface area contributed by atoms with Gasteiger partial charge in [-0.1, -0.05) is 38.5 Å². The Morgan fingerprint density at radius 2 is 1.61 bits per heavy atom. The van der Waals surface area contributed by atoms with Gasteiger partial charge in [-0.3, -0.25) is 4.90 Å². The molecule has 0 aromatic carbocycles. The monoisotopic (exact) mass is 425 g/mol. The minimum absolute atomic E-state index is 0.421. The molecule has 4 rings (SSSR count). The molecule has 172 valence electrons. The summed E-state index contributed by atoms with van der Waals surface area (Å²) in [7, 11) is 0. The third kappa shape index (κ3) is 5.51. The molecule has 0 bridgehead atoms. The predicted octanol–water partition coefficient (Wildman–Crippen LogP) is 7.00. The van der Waals surface area contributed by atoms with Crippen LogP contribution in [0.4, 0.5) is 0 Å². The van der Waals surface area contributed by atoms with Crippen LogP contribution in [0.15, 0.2) is 24.5 Å². The Labute approximate surface area is 189 Å². The number of rotatable bonds is 10. The molecular formula is C27H43N3O. The topological polar surface area (TPSA) is 41.1 Å². The zero-order valence-corrected chi connectivity index (χ0v) is 19.9. The molecule has 0 unspecified atom stereocenters. The van der Waals surface area contributed by atoms with Gasteiger partial charge in [-0.2, -0.15) is 0 Å². The van der Waals surface area contributed by atoms with E-state index in [0.717, 1.165) is 18.7 Å². The van der Waals surface area contributed by atoms with Gasteiger partial charge in [-0.05, 0) is 77.5 Å². The summed E-state index contributed by atoms with van der Waals surface area (Å²) in [6.07, 6.45) is 21.7. The maximum Gasteiger partial charge on any atom is 0.137 e. The van der Waals surface area contributed by atoms with E-state index >= 15 is 0 Å². The lowest BCUT2D eigenvalue weighted by molar-refractivity contribution is -0.0449. The van der Waals surface area contributed by atoms with Gasteiger partial charge in [0.1, 0.15) is 5.65 Å². The first-order chi connectivity index (χ1) is 15.1. The van der Waals surface area contributed by atoms with Crippen molar-refractivity contribution in [1.29, 1.82) is 0 Å². The van der Waals surface area contributed by atoms with Crippen LogP contribution in [0, 0.1) is 0 Å². The second-order valence-electron chi connectivity index (χ2n) is 10.6. The molecule has 31 heavy (non-hydrogen) atoms. The highest BCUT2D eigenvalue weighted by atomic mass is 16.5. The molecule has 0 aliphatic heterocycles. The number of pyridine rings is 1. The number of aromatic amines is 1. The summed E-state index contributed by atoms with van der Waals surface area (Å²) < 4.78 is 6.00. The lowest BCUT2D eigenvalue weighted by atomic mass is 9.74. The molecule has 1 N–H and O–H groups in total. The molecule has 0 amide bonds. The molecule has 2 aromatic heterocycles. The molecule has 2 saturated carbocycles. The highest BCUT2D eigenvalue weighted by Gasteiger charge is 2.43. The maximum absolute atomic E-state index is 6.00. The van der Waals surface area contributed by atoms with Crippen molar-refractivity contribution in [2.45, 2.75) is 115 Å². The molecule has 0 radical (unpaired) electrons. The Bertz CT molecular complexity index is 778. The highest BCUT2D eigenvalue weighted by molar-refractivity contribution is 5.79. The molecule has 2 aliphatic carbocycles. The van der Waals surface area contributed by atoms with Gasteiger partial charge < -0.3 is 9.72 Å². The molecule has 2 heterocycles. The minimum atomic E-state index is 0.421. The maximum atomic E-state index is 6.00. The average Bonchev–Trinajstić information content (AvgIpc) is 3.19. The largest absolute Gasteiger partial charge is 0.377 e. The van der Waals surface area contributed by atoms with Crippen LogP contribution < -0.4 is 0 Å². The lowest BCUT2D eigenvalue weighted by Gasteiger charge is -2.55. The predicted molar refractivity (Wildman–Crippen MR) is 129 cm³/mol. The summed E-state index contributed by atoms with van der Waals surface area (Å²) in [4.78, 5) is 10.6. The van der Waals surface area contributed by atoms with Crippen molar-refractivity contribution in [3.05, 3.63) is 30.1 Å². The highest BCUT2D eigenvalue weighted by Crippen LogP contribution is 2.43. The molecule has 2 fully saturated rings. The lowest BCUT2D eigenvalue weighted by Crippen LogP contribution is -2.59. The van der Waals surface area contributed by atoms with Gasteiger partial charge in [0, 0.05) is 41.0 Å². The fourth-order valence-electron chi connectivity index (χ4n) is 6.32. The third-order valence-electron chi connectivity index (χ3n) is 8.13. The van der Waals surface area contributed by atoms with E-state index in [4.69, 9.17) is 4.74 Å². The van der Waals surface area contributed by atoms with E-state index in [-0.39, 0.29) is 0 Å². The van der Waals surface area contributed by atoms with Crippen LogP contribution in [0.1, 0.15) is 103 Å². The summed E-state index contributed by atoms with van der Waals surface area (Å²) in [5.41, 5.74) is 3.01. The van der Waals surface area contributed by atoms with E-state index in [9.17, 15) is 0 Å². The van der Waals surface area contributed by atoms with Gasteiger partial charge in [-0.15, -0.1) is 0 Å². The first kappa shape index (κ1) is 22.8. The van der Waals surface area contributed by atoms with Gasteiger partial charge in [0.15, 0.2) is 0 Å². The van der Waals surface area contributed by atoms with Gasteiger partial charge in [0.2, 0.25) is 0 Å². The van der Waals surface area contributed by atoms with Crippen LogP contribution in [-0.2, 0) is 11.3 Å². The smallest absolute Gasteiger partial charge is 0.137 e. The zero-order chi connectivity index (χ0) is 21.6. The summed E-state index contributed by atoms with van der Waals surface area (Å²) in [5, 5.41) is 1.18. The van der Waals surface area contributed by atoms with Crippen molar-refractivity contribution in [3.8, 4) is 0 Å². The molecule has 2 aliphatic rings. The van der Waals surface area contributed by atoms with E-state index in [1.807, 2.05) is 18.5 Å². The fraction of sp³-hybridized carbons (Fsp3) is 0.741. The van der Waals surface area contributed by atoms with Gasteiger partial charge >= 0.3 is 0 Å². The summed E-state index contributed by atoms with van der Waals surface area (Å²) in [6, 6.07) is 4.11. The number of hydrogen-bond donors (Lipinski definition) is 1. The van der Waals surface area contributed by atoms with Crippen molar-refractivity contribution in [3.63, 3.8) is 0 Å². The summed E-state index contributed by atoms with van der Waals surface area (Å²) in [6.45, 7) is 7.94. The Hall–Kier alpha value is -1.39. The molecular weight excluding hydrogens is 382 g/mol. The average molecular weight is 426 g/mol. The first-order valence-electron chi connectivity index (χ1n) is 12.9. The second-order valence-corrected chi connectivity index (χ2v) is 10.6. The third-order valence-corrected chi connectivity index (χ3v) is 8.13. The standard InChI is InChI=1S/C27H43N3O/c1-26(14-6-3-7-15-26)30(27(2)16-8-4-9-17-27)19-10-5-11-20-31-22-23-21-29-25-24(23)13-12-18-28-25/h12-13,18,21H,3-11,14-17,19-20,22H2,1-2H3,(H,28,29). The Morgan fingerprint density at radius 1 is 0.935 bits per heavy atom. The van der Waals surface area contributed by atoms with E-state index in [1.54, 1.807) is 0 Å². The zero-order valence-electron chi connectivity index (χ0n) is 19.9. The van der Waals surface area contributed by atoms with Crippen molar-refractivity contribution >= 4 is 11.0 Å². The van der Waals surface area contributed by atoms with Gasteiger partial charge in [0.25, 0.3) is 0 Å². The number of nitrogens with zero attached hydrogens (tertiary/aromatic N) is 2. The van der Waals surface area contributed by atoms with Crippen LogP contribution in [0.25, 0.3) is 11.0 Å². The number of ether oxygens (including phenoxy) is 1. The van der Waals surface area contributed by atoms with Crippen LogP contribution in [0.2, 0.25) is 0 Å². The number of unbranched alkanes of at least 4 members (excludes halogenated alkanes) is 2.